The highest BCUT2D eigenvalue weighted by molar-refractivity contribution is 5.93. The number of hydrogen-bond donors (Lipinski definition) is 0. The normalized spacial score (nSPS) is 16.9. The number of carbonyl (C=O) groups is 1. The largest absolute Gasteiger partial charge is 0.497 e. The number of methoxy groups -OCH3 is 2. The van der Waals surface area contributed by atoms with Crippen LogP contribution in [0.3, 0.4) is 0 Å². The average Bonchev–Trinajstić information content (AvgIpc) is 2.89. The zero-order valence-corrected chi connectivity index (χ0v) is 19.7. The molecule has 0 aromatic heterocycles. The number of esters is 1. The fraction of sp³-hybridized carbons (Fsp3) is 0.179. The van der Waals surface area contributed by atoms with Crippen molar-refractivity contribution in [2.45, 2.75) is 18.8 Å². The average molecular weight is 498 g/mol. The fourth-order valence-corrected chi connectivity index (χ4v) is 3.98. The monoisotopic (exact) mass is 498 g/mol. The number of carbonyl (C=O) groups excluding carboxylic acids is 1. The van der Waals surface area contributed by atoms with E-state index in [1.165, 1.54) is 38.5 Å². The summed E-state index contributed by atoms with van der Waals surface area (Å²) in [5, 5.41) is 0. The van der Waals surface area contributed by atoms with Gasteiger partial charge in [0.15, 0.2) is 23.1 Å². The first-order valence-electron chi connectivity index (χ1n) is 10.9. The molecule has 0 radical (unpaired) electrons. The van der Waals surface area contributed by atoms with Crippen LogP contribution >= 0.6 is 0 Å². The summed E-state index contributed by atoms with van der Waals surface area (Å²) < 4.78 is 73.0. The first-order valence-corrected chi connectivity index (χ1v) is 10.9. The van der Waals surface area contributed by atoms with E-state index in [9.17, 15) is 13.6 Å². The summed E-state index contributed by atoms with van der Waals surface area (Å²) in [4.78, 5) is 12.5. The third-order valence-electron chi connectivity index (χ3n) is 6.15. The first kappa shape index (κ1) is 25.0. The van der Waals surface area contributed by atoms with E-state index in [-0.39, 0.29) is 28.9 Å². The summed E-state index contributed by atoms with van der Waals surface area (Å²) in [6.45, 7) is 1.70. The highest BCUT2D eigenvalue weighted by Crippen LogP contribution is 2.38. The van der Waals surface area contributed by atoms with E-state index >= 15 is 8.78 Å². The second-order valence-electron chi connectivity index (χ2n) is 8.41. The molecule has 0 heterocycles. The van der Waals surface area contributed by atoms with E-state index < -0.39 is 40.4 Å². The molecule has 3 aromatic rings. The third kappa shape index (κ3) is 4.58. The van der Waals surface area contributed by atoms with E-state index in [4.69, 9.17) is 9.47 Å². The number of allylic oxidation sites excluding steroid dienone is 2. The second-order valence-corrected chi connectivity index (χ2v) is 8.41. The van der Waals surface area contributed by atoms with Crippen molar-refractivity contribution < 1.29 is 36.6 Å². The molecular weight excluding hydrogens is 476 g/mol. The van der Waals surface area contributed by atoms with Crippen LogP contribution in [0.15, 0.2) is 72.3 Å². The van der Waals surface area contributed by atoms with E-state index in [0.717, 1.165) is 12.1 Å². The van der Waals surface area contributed by atoms with Crippen LogP contribution in [0.1, 0.15) is 18.9 Å². The van der Waals surface area contributed by atoms with Gasteiger partial charge in [-0.2, -0.15) is 8.78 Å². The minimum Gasteiger partial charge on any atom is -0.497 e. The van der Waals surface area contributed by atoms with Crippen molar-refractivity contribution in [1.29, 1.82) is 0 Å². The SMILES string of the molecule is COc1ccc(-c2ccc(C3(C)C=CC(C(=O)Oc4ccc(OC)c(F)c4F)=CC3)c(F)c2F)cc1. The maximum Gasteiger partial charge on any atom is 0.343 e. The molecule has 0 saturated carbocycles. The molecule has 0 aliphatic heterocycles. The van der Waals surface area contributed by atoms with Gasteiger partial charge in [0.1, 0.15) is 5.75 Å². The van der Waals surface area contributed by atoms with Gasteiger partial charge >= 0.3 is 5.97 Å². The Labute approximate surface area is 205 Å². The molecule has 36 heavy (non-hydrogen) atoms. The molecule has 1 aliphatic rings. The zero-order valence-electron chi connectivity index (χ0n) is 19.7. The van der Waals surface area contributed by atoms with Gasteiger partial charge in [0.25, 0.3) is 0 Å². The van der Waals surface area contributed by atoms with Crippen LogP contribution in [-0.2, 0) is 10.2 Å². The van der Waals surface area contributed by atoms with Crippen molar-refractivity contribution in [2.24, 2.45) is 0 Å². The lowest BCUT2D eigenvalue weighted by Gasteiger charge is -2.29. The Balaban J connectivity index is 1.54. The van der Waals surface area contributed by atoms with E-state index in [0.29, 0.717) is 11.3 Å². The molecule has 4 rings (SSSR count). The summed E-state index contributed by atoms with van der Waals surface area (Å²) in [6.07, 6.45) is 4.57. The van der Waals surface area contributed by atoms with Gasteiger partial charge in [0, 0.05) is 16.5 Å². The predicted octanol–water partition coefficient (Wildman–Crippen LogP) is 6.68. The molecule has 8 heteroatoms. The molecule has 0 amide bonds. The van der Waals surface area contributed by atoms with Gasteiger partial charge in [-0.05, 0) is 36.2 Å². The maximum atomic E-state index is 15.2. The van der Waals surface area contributed by atoms with Gasteiger partial charge in [-0.15, -0.1) is 0 Å². The molecule has 0 spiro atoms. The topological polar surface area (TPSA) is 44.8 Å². The standard InChI is InChI=1S/C28H22F4O4/c1-28(20-9-8-19(23(29)24(20)30)16-4-6-18(34-2)7-5-16)14-12-17(13-15-28)27(33)36-22-11-10-21(35-3)25(31)26(22)32/h4-14H,15H2,1-3H3. The molecule has 3 aromatic carbocycles. The minimum atomic E-state index is -1.36. The van der Waals surface area contributed by atoms with Crippen molar-refractivity contribution in [3.05, 3.63) is 101 Å². The Bertz CT molecular complexity index is 1380. The molecule has 0 saturated heterocycles. The Kier molecular flexibility index (Phi) is 6.88. The molecule has 0 N–H and O–H groups in total. The molecule has 1 unspecified atom stereocenters. The van der Waals surface area contributed by atoms with Gasteiger partial charge in [-0.1, -0.05) is 49.4 Å². The smallest absolute Gasteiger partial charge is 0.343 e. The van der Waals surface area contributed by atoms with Crippen LogP contribution in [-0.4, -0.2) is 20.2 Å². The molecule has 1 aliphatic carbocycles. The molecular formula is C28H22F4O4. The number of rotatable bonds is 6. The lowest BCUT2D eigenvalue weighted by molar-refractivity contribution is -0.130. The van der Waals surface area contributed by atoms with E-state index in [2.05, 4.69) is 4.74 Å². The van der Waals surface area contributed by atoms with Crippen molar-refractivity contribution in [3.8, 4) is 28.4 Å². The lowest BCUT2D eigenvalue weighted by atomic mass is 9.75. The van der Waals surface area contributed by atoms with Crippen LogP contribution in [0, 0.1) is 23.3 Å². The van der Waals surface area contributed by atoms with Crippen molar-refractivity contribution in [2.75, 3.05) is 14.2 Å². The van der Waals surface area contributed by atoms with Crippen LogP contribution in [0.5, 0.6) is 17.2 Å². The molecule has 4 nitrogen and oxygen atoms in total. The third-order valence-corrected chi connectivity index (χ3v) is 6.15. The number of ether oxygens (including phenoxy) is 3. The molecule has 1 atom stereocenters. The van der Waals surface area contributed by atoms with Crippen molar-refractivity contribution >= 4 is 5.97 Å². The van der Waals surface area contributed by atoms with Gasteiger partial charge < -0.3 is 14.2 Å². The molecule has 186 valence electrons. The van der Waals surface area contributed by atoms with Crippen molar-refractivity contribution in [3.63, 3.8) is 0 Å². The first-order chi connectivity index (χ1) is 17.2. The summed E-state index contributed by atoms with van der Waals surface area (Å²) in [6, 6.07) is 11.8. The summed E-state index contributed by atoms with van der Waals surface area (Å²) >= 11 is 0. The minimum absolute atomic E-state index is 0.0684. The summed E-state index contributed by atoms with van der Waals surface area (Å²) in [7, 11) is 2.69. The van der Waals surface area contributed by atoms with Gasteiger partial charge in [0.2, 0.25) is 11.6 Å². The molecule has 0 fully saturated rings. The highest BCUT2D eigenvalue weighted by atomic mass is 19.2. The van der Waals surface area contributed by atoms with Crippen molar-refractivity contribution in [1.82, 2.24) is 0 Å². The number of halogens is 4. The van der Waals surface area contributed by atoms with Gasteiger partial charge in [-0.3, -0.25) is 0 Å². The Morgan fingerprint density at radius 1 is 0.806 bits per heavy atom. The predicted molar refractivity (Wildman–Crippen MR) is 126 cm³/mol. The van der Waals surface area contributed by atoms with Crippen LogP contribution in [0.25, 0.3) is 11.1 Å². The number of hydrogen-bond acceptors (Lipinski definition) is 4. The fourth-order valence-electron chi connectivity index (χ4n) is 3.98. The number of benzene rings is 3. The van der Waals surface area contributed by atoms with Gasteiger partial charge in [0.05, 0.1) is 19.8 Å². The Morgan fingerprint density at radius 3 is 2.08 bits per heavy atom. The second kappa shape index (κ2) is 9.89. The van der Waals surface area contributed by atoms with Crippen LogP contribution in [0.2, 0.25) is 0 Å². The lowest BCUT2D eigenvalue weighted by Crippen LogP contribution is -2.24. The Hall–Kier alpha value is -4.07. The van der Waals surface area contributed by atoms with E-state index in [1.807, 2.05) is 0 Å². The Morgan fingerprint density at radius 2 is 1.47 bits per heavy atom. The van der Waals surface area contributed by atoms with Crippen LogP contribution in [0.4, 0.5) is 17.6 Å². The maximum absolute atomic E-state index is 15.2. The highest BCUT2D eigenvalue weighted by Gasteiger charge is 2.32. The quantitative estimate of drug-likeness (QED) is 0.216. The summed E-state index contributed by atoms with van der Waals surface area (Å²) in [5.41, 5.74) is -0.171. The van der Waals surface area contributed by atoms with Gasteiger partial charge in [-0.25, -0.2) is 13.6 Å². The zero-order chi connectivity index (χ0) is 26.0. The van der Waals surface area contributed by atoms with Crippen LogP contribution < -0.4 is 14.2 Å². The van der Waals surface area contributed by atoms with E-state index in [1.54, 1.807) is 37.3 Å². The summed E-state index contributed by atoms with van der Waals surface area (Å²) in [5.74, 6) is -5.86. The molecule has 0 bridgehead atoms.